The SMILES string of the molecule is CC(NC(=O)C(C#N)=Cc1cccc(F)c1F)c1ccccc1. The van der Waals surface area contributed by atoms with Crippen molar-refractivity contribution in [2.24, 2.45) is 0 Å². The quantitative estimate of drug-likeness (QED) is 0.690. The molecule has 2 aromatic rings. The lowest BCUT2D eigenvalue weighted by Crippen LogP contribution is -2.27. The van der Waals surface area contributed by atoms with Gasteiger partial charge in [-0.05, 0) is 24.6 Å². The number of nitrogens with one attached hydrogen (secondary N) is 1. The second kappa shape index (κ2) is 7.32. The minimum atomic E-state index is -1.09. The van der Waals surface area contributed by atoms with Gasteiger partial charge in [-0.1, -0.05) is 42.5 Å². The van der Waals surface area contributed by atoms with Gasteiger partial charge >= 0.3 is 0 Å². The zero-order valence-electron chi connectivity index (χ0n) is 12.4. The molecule has 1 N–H and O–H groups in total. The number of benzene rings is 2. The molecule has 0 aliphatic heterocycles. The molecule has 0 spiro atoms. The van der Waals surface area contributed by atoms with Gasteiger partial charge in [-0.25, -0.2) is 8.78 Å². The normalized spacial score (nSPS) is 12.3. The lowest BCUT2D eigenvalue weighted by atomic mass is 10.1. The van der Waals surface area contributed by atoms with E-state index in [0.717, 1.165) is 17.7 Å². The van der Waals surface area contributed by atoms with Gasteiger partial charge in [0.1, 0.15) is 11.6 Å². The smallest absolute Gasteiger partial charge is 0.262 e. The molecule has 0 aliphatic rings. The van der Waals surface area contributed by atoms with Crippen LogP contribution in [0.5, 0.6) is 0 Å². The van der Waals surface area contributed by atoms with Crippen LogP contribution in [0.15, 0.2) is 54.1 Å². The Morgan fingerprint density at radius 2 is 1.87 bits per heavy atom. The van der Waals surface area contributed by atoms with Gasteiger partial charge in [-0.3, -0.25) is 4.79 Å². The minimum Gasteiger partial charge on any atom is -0.345 e. The maximum atomic E-state index is 13.6. The van der Waals surface area contributed by atoms with E-state index in [9.17, 15) is 13.6 Å². The van der Waals surface area contributed by atoms with E-state index in [0.29, 0.717) is 0 Å². The van der Waals surface area contributed by atoms with Gasteiger partial charge in [-0.2, -0.15) is 5.26 Å². The van der Waals surface area contributed by atoms with Crippen LogP contribution in [0.3, 0.4) is 0 Å². The van der Waals surface area contributed by atoms with E-state index in [1.807, 2.05) is 30.3 Å². The van der Waals surface area contributed by atoms with Gasteiger partial charge in [0.05, 0.1) is 6.04 Å². The number of hydrogen-bond donors (Lipinski definition) is 1. The van der Waals surface area contributed by atoms with Crippen molar-refractivity contribution in [1.82, 2.24) is 5.32 Å². The summed E-state index contributed by atoms with van der Waals surface area (Å²) in [4.78, 5) is 12.1. The van der Waals surface area contributed by atoms with E-state index in [1.165, 1.54) is 12.1 Å². The summed E-state index contributed by atoms with van der Waals surface area (Å²) in [5, 5.41) is 11.8. The molecular formula is C18H14F2N2O. The first-order valence-electron chi connectivity index (χ1n) is 6.94. The van der Waals surface area contributed by atoms with Crippen molar-refractivity contribution in [3.05, 3.63) is 76.9 Å². The number of carbonyl (C=O) groups is 1. The predicted octanol–water partition coefficient (Wildman–Crippen LogP) is 3.75. The van der Waals surface area contributed by atoms with Crippen molar-refractivity contribution >= 4 is 12.0 Å². The lowest BCUT2D eigenvalue weighted by Gasteiger charge is -2.13. The average Bonchev–Trinajstić information content (AvgIpc) is 2.56. The summed E-state index contributed by atoms with van der Waals surface area (Å²) in [5.74, 6) is -2.77. The lowest BCUT2D eigenvalue weighted by molar-refractivity contribution is -0.117. The Hall–Kier alpha value is -3.00. The van der Waals surface area contributed by atoms with Crippen LogP contribution in [-0.4, -0.2) is 5.91 Å². The molecule has 1 amide bonds. The molecular weight excluding hydrogens is 298 g/mol. The Morgan fingerprint density at radius 1 is 1.17 bits per heavy atom. The first-order chi connectivity index (χ1) is 11.0. The number of hydrogen-bond acceptors (Lipinski definition) is 2. The Labute approximate surface area is 132 Å². The van der Waals surface area contributed by atoms with Crippen LogP contribution in [0.2, 0.25) is 0 Å². The highest BCUT2D eigenvalue weighted by molar-refractivity contribution is 6.01. The Morgan fingerprint density at radius 3 is 2.52 bits per heavy atom. The van der Waals surface area contributed by atoms with Crippen LogP contribution in [0.4, 0.5) is 8.78 Å². The molecule has 116 valence electrons. The Kier molecular flexibility index (Phi) is 5.21. The largest absolute Gasteiger partial charge is 0.345 e. The van der Waals surface area contributed by atoms with Crippen LogP contribution >= 0.6 is 0 Å². The molecule has 0 aromatic heterocycles. The number of nitriles is 1. The van der Waals surface area contributed by atoms with E-state index < -0.39 is 17.5 Å². The first-order valence-corrected chi connectivity index (χ1v) is 6.94. The third-order valence-electron chi connectivity index (χ3n) is 3.29. The molecule has 1 atom stereocenters. The zero-order chi connectivity index (χ0) is 16.8. The van der Waals surface area contributed by atoms with Gasteiger partial charge in [0.2, 0.25) is 0 Å². The van der Waals surface area contributed by atoms with E-state index >= 15 is 0 Å². The summed E-state index contributed by atoms with van der Waals surface area (Å²) < 4.78 is 26.8. The summed E-state index contributed by atoms with van der Waals surface area (Å²) in [6.07, 6.45) is 1.03. The summed E-state index contributed by atoms with van der Waals surface area (Å²) in [6.45, 7) is 1.77. The number of amides is 1. The Bertz CT molecular complexity index is 779. The molecule has 3 nitrogen and oxygen atoms in total. The minimum absolute atomic E-state index is 0.149. The van der Waals surface area contributed by atoms with Crippen LogP contribution < -0.4 is 5.32 Å². The highest BCUT2D eigenvalue weighted by Crippen LogP contribution is 2.16. The number of rotatable bonds is 4. The summed E-state index contributed by atoms with van der Waals surface area (Å²) >= 11 is 0. The molecule has 0 saturated heterocycles. The fourth-order valence-electron chi connectivity index (χ4n) is 2.04. The van der Waals surface area contributed by atoms with E-state index in [4.69, 9.17) is 5.26 Å². The van der Waals surface area contributed by atoms with E-state index in [2.05, 4.69) is 5.32 Å². The third-order valence-corrected chi connectivity index (χ3v) is 3.29. The molecule has 0 aliphatic carbocycles. The number of halogens is 2. The van der Waals surface area contributed by atoms with Crippen LogP contribution in [0.1, 0.15) is 24.1 Å². The van der Waals surface area contributed by atoms with E-state index in [-0.39, 0.29) is 17.2 Å². The van der Waals surface area contributed by atoms with Gasteiger partial charge in [0.25, 0.3) is 5.91 Å². The monoisotopic (exact) mass is 312 g/mol. The van der Waals surface area contributed by atoms with Gasteiger partial charge < -0.3 is 5.32 Å². The maximum Gasteiger partial charge on any atom is 0.262 e. The molecule has 1 unspecified atom stereocenters. The molecule has 0 bridgehead atoms. The second-order valence-corrected chi connectivity index (χ2v) is 4.92. The fraction of sp³-hybridized carbons (Fsp3) is 0.111. The summed E-state index contributed by atoms with van der Waals surface area (Å²) in [5.41, 5.74) is 0.427. The standard InChI is InChI=1S/C18H14F2N2O/c1-12(13-6-3-2-4-7-13)22-18(23)15(11-21)10-14-8-5-9-16(19)17(14)20/h2-10,12H,1H3,(H,22,23). The molecule has 0 saturated carbocycles. The van der Waals surface area contributed by atoms with Crippen molar-refractivity contribution in [3.8, 4) is 6.07 Å². The van der Waals surface area contributed by atoms with Crippen molar-refractivity contribution in [1.29, 1.82) is 5.26 Å². The fourth-order valence-corrected chi connectivity index (χ4v) is 2.04. The molecule has 0 heterocycles. The van der Waals surface area contributed by atoms with Crippen molar-refractivity contribution in [2.75, 3.05) is 0 Å². The summed E-state index contributed by atoms with van der Waals surface area (Å²) in [6, 6.07) is 14.2. The van der Waals surface area contributed by atoms with Crippen molar-refractivity contribution in [3.63, 3.8) is 0 Å². The number of nitrogens with zero attached hydrogens (tertiary/aromatic N) is 1. The van der Waals surface area contributed by atoms with E-state index in [1.54, 1.807) is 13.0 Å². The van der Waals surface area contributed by atoms with Gasteiger partial charge in [-0.15, -0.1) is 0 Å². The highest BCUT2D eigenvalue weighted by atomic mass is 19.2. The second-order valence-electron chi connectivity index (χ2n) is 4.92. The topological polar surface area (TPSA) is 52.9 Å². The average molecular weight is 312 g/mol. The molecule has 23 heavy (non-hydrogen) atoms. The molecule has 5 heteroatoms. The zero-order valence-corrected chi connectivity index (χ0v) is 12.4. The first kappa shape index (κ1) is 16.4. The maximum absolute atomic E-state index is 13.6. The van der Waals surface area contributed by atoms with Crippen molar-refractivity contribution in [2.45, 2.75) is 13.0 Å². The van der Waals surface area contributed by atoms with Crippen LogP contribution in [0.25, 0.3) is 6.08 Å². The van der Waals surface area contributed by atoms with Gasteiger partial charge in [0, 0.05) is 5.56 Å². The Balaban J connectivity index is 2.21. The molecule has 0 radical (unpaired) electrons. The molecule has 2 aromatic carbocycles. The van der Waals surface area contributed by atoms with Crippen LogP contribution in [-0.2, 0) is 4.79 Å². The third kappa shape index (κ3) is 4.01. The molecule has 0 fully saturated rings. The summed E-state index contributed by atoms with van der Waals surface area (Å²) in [7, 11) is 0. The van der Waals surface area contributed by atoms with Crippen LogP contribution in [0, 0.1) is 23.0 Å². The van der Waals surface area contributed by atoms with Crippen molar-refractivity contribution < 1.29 is 13.6 Å². The number of carbonyl (C=O) groups excluding carboxylic acids is 1. The molecule has 2 rings (SSSR count). The highest BCUT2D eigenvalue weighted by Gasteiger charge is 2.15. The van der Waals surface area contributed by atoms with Gasteiger partial charge in [0.15, 0.2) is 11.6 Å². The predicted molar refractivity (Wildman–Crippen MR) is 82.9 cm³/mol.